The molecule has 0 aliphatic carbocycles. The third-order valence-corrected chi connectivity index (χ3v) is 3.23. The van der Waals surface area contributed by atoms with E-state index in [1.165, 1.54) is 0 Å². The summed E-state index contributed by atoms with van der Waals surface area (Å²) in [4.78, 5) is 14.2. The molecular formula is C15H20N2O2. The lowest BCUT2D eigenvalue weighted by Crippen LogP contribution is -2.48. The molecule has 4 nitrogen and oxygen atoms in total. The smallest absolute Gasteiger partial charge is 0.268 e. The highest BCUT2D eigenvalue weighted by Gasteiger charge is 2.35. The summed E-state index contributed by atoms with van der Waals surface area (Å²) in [6, 6.07) is 5.72. The Morgan fingerprint density at radius 3 is 2.84 bits per heavy atom. The van der Waals surface area contributed by atoms with Gasteiger partial charge < -0.3 is 15.4 Å². The van der Waals surface area contributed by atoms with Gasteiger partial charge in [0.05, 0.1) is 5.69 Å². The minimum atomic E-state index is -0.434. The molecule has 1 amide bonds. The first-order chi connectivity index (χ1) is 9.08. The summed E-state index contributed by atoms with van der Waals surface area (Å²) in [6.45, 7) is 8.60. The van der Waals surface area contributed by atoms with Crippen LogP contribution in [0, 0.1) is 5.92 Å². The van der Waals surface area contributed by atoms with Gasteiger partial charge in [0.25, 0.3) is 5.91 Å². The van der Waals surface area contributed by atoms with E-state index >= 15 is 0 Å². The maximum atomic E-state index is 12.4. The highest BCUT2D eigenvalue weighted by atomic mass is 16.5. The van der Waals surface area contributed by atoms with Crippen molar-refractivity contribution in [3.8, 4) is 5.75 Å². The fraction of sp³-hybridized carbons (Fsp3) is 0.400. The maximum absolute atomic E-state index is 12.4. The van der Waals surface area contributed by atoms with E-state index in [0.29, 0.717) is 13.1 Å². The molecule has 1 heterocycles. The van der Waals surface area contributed by atoms with Crippen LogP contribution in [-0.4, -0.2) is 18.6 Å². The van der Waals surface area contributed by atoms with Crippen molar-refractivity contribution in [3.63, 3.8) is 0 Å². The molecule has 0 saturated heterocycles. The van der Waals surface area contributed by atoms with E-state index in [0.717, 1.165) is 17.0 Å². The summed E-state index contributed by atoms with van der Waals surface area (Å²) in [5.41, 5.74) is 7.41. The number of hydrogen-bond donors (Lipinski definition) is 1. The van der Waals surface area contributed by atoms with Crippen LogP contribution in [0.15, 0.2) is 30.9 Å². The molecule has 2 N–H and O–H groups in total. The van der Waals surface area contributed by atoms with Gasteiger partial charge in [-0.3, -0.25) is 4.79 Å². The predicted molar refractivity (Wildman–Crippen MR) is 76.1 cm³/mol. The molecule has 0 radical (unpaired) electrons. The number of nitrogens with zero attached hydrogens (tertiary/aromatic N) is 1. The number of benzene rings is 1. The van der Waals surface area contributed by atoms with E-state index in [2.05, 4.69) is 6.58 Å². The second kappa shape index (κ2) is 5.45. The molecular weight excluding hydrogens is 240 g/mol. The Balaban J connectivity index is 2.46. The molecule has 2 rings (SSSR count). The van der Waals surface area contributed by atoms with Gasteiger partial charge >= 0.3 is 0 Å². The number of anilines is 1. The van der Waals surface area contributed by atoms with Gasteiger partial charge in [-0.25, -0.2) is 0 Å². The molecule has 4 heteroatoms. The minimum absolute atomic E-state index is 0.0171. The molecule has 0 aromatic heterocycles. The second-order valence-electron chi connectivity index (χ2n) is 5.03. The second-order valence-corrected chi connectivity index (χ2v) is 5.03. The van der Waals surface area contributed by atoms with Crippen molar-refractivity contribution in [1.29, 1.82) is 0 Å². The molecule has 1 aromatic carbocycles. The van der Waals surface area contributed by atoms with E-state index in [1.807, 2.05) is 32.0 Å². The monoisotopic (exact) mass is 260 g/mol. The largest absolute Gasteiger partial charge is 0.478 e. The Bertz CT molecular complexity index is 497. The molecule has 102 valence electrons. The van der Waals surface area contributed by atoms with E-state index in [-0.39, 0.29) is 11.8 Å². The van der Waals surface area contributed by atoms with Gasteiger partial charge in [0.2, 0.25) is 0 Å². The van der Waals surface area contributed by atoms with E-state index in [4.69, 9.17) is 10.5 Å². The number of amides is 1. The first kappa shape index (κ1) is 13.6. The van der Waals surface area contributed by atoms with Crippen molar-refractivity contribution in [3.05, 3.63) is 36.4 Å². The third-order valence-electron chi connectivity index (χ3n) is 3.23. The van der Waals surface area contributed by atoms with Gasteiger partial charge in [0.15, 0.2) is 6.10 Å². The molecule has 0 fully saturated rings. The van der Waals surface area contributed by atoms with Gasteiger partial charge in [-0.15, -0.1) is 6.58 Å². The zero-order valence-electron chi connectivity index (χ0n) is 11.4. The predicted octanol–water partition coefficient (Wildman–Crippen LogP) is 2.08. The summed E-state index contributed by atoms with van der Waals surface area (Å²) in [7, 11) is 0. The standard InChI is InChI=1S/C15H20N2O2/c1-4-7-17-12-8-11(9-16)5-6-13(12)19-14(10(2)3)15(17)18/h4-6,8,10,14H,1,7,9,16H2,2-3H3. The molecule has 1 aromatic rings. The van der Waals surface area contributed by atoms with Crippen LogP contribution in [0.4, 0.5) is 5.69 Å². The van der Waals surface area contributed by atoms with Gasteiger partial charge in [-0.1, -0.05) is 26.0 Å². The SMILES string of the molecule is C=CCN1C(=O)C(C(C)C)Oc2ccc(CN)cc21. The molecule has 1 aliphatic heterocycles. The third kappa shape index (κ3) is 2.49. The van der Waals surface area contributed by atoms with Crippen molar-refractivity contribution in [2.45, 2.75) is 26.5 Å². The van der Waals surface area contributed by atoms with Gasteiger partial charge in [0.1, 0.15) is 5.75 Å². The van der Waals surface area contributed by atoms with Crippen LogP contribution in [0.2, 0.25) is 0 Å². The highest BCUT2D eigenvalue weighted by molar-refractivity contribution is 6.00. The molecule has 1 unspecified atom stereocenters. The van der Waals surface area contributed by atoms with Gasteiger partial charge in [-0.2, -0.15) is 0 Å². The first-order valence-corrected chi connectivity index (χ1v) is 6.50. The number of nitrogens with two attached hydrogens (primary N) is 1. The quantitative estimate of drug-likeness (QED) is 0.843. The van der Waals surface area contributed by atoms with Crippen LogP contribution >= 0.6 is 0 Å². The normalized spacial score (nSPS) is 18.2. The summed E-state index contributed by atoms with van der Waals surface area (Å²) < 4.78 is 5.82. The van der Waals surface area contributed by atoms with Crippen LogP contribution in [0.1, 0.15) is 19.4 Å². The van der Waals surface area contributed by atoms with E-state index in [9.17, 15) is 4.79 Å². The van der Waals surface area contributed by atoms with Crippen molar-refractivity contribution in [2.24, 2.45) is 11.7 Å². The lowest BCUT2D eigenvalue weighted by atomic mass is 10.0. The maximum Gasteiger partial charge on any atom is 0.268 e. The number of ether oxygens (including phenoxy) is 1. The van der Waals surface area contributed by atoms with Gasteiger partial charge in [-0.05, 0) is 23.6 Å². The number of carbonyl (C=O) groups is 1. The van der Waals surface area contributed by atoms with Crippen molar-refractivity contribution < 1.29 is 9.53 Å². The highest BCUT2D eigenvalue weighted by Crippen LogP contribution is 2.36. The van der Waals surface area contributed by atoms with Crippen LogP contribution in [-0.2, 0) is 11.3 Å². The Kier molecular flexibility index (Phi) is 3.90. The molecule has 19 heavy (non-hydrogen) atoms. The average molecular weight is 260 g/mol. The molecule has 1 aliphatic rings. The Labute approximate surface area is 113 Å². The lowest BCUT2D eigenvalue weighted by molar-refractivity contribution is -0.128. The number of hydrogen-bond acceptors (Lipinski definition) is 3. The van der Waals surface area contributed by atoms with Crippen molar-refractivity contribution >= 4 is 11.6 Å². The topological polar surface area (TPSA) is 55.6 Å². The number of rotatable bonds is 4. The summed E-state index contributed by atoms with van der Waals surface area (Å²) in [5.74, 6) is 0.844. The fourth-order valence-corrected chi connectivity index (χ4v) is 2.20. The summed E-state index contributed by atoms with van der Waals surface area (Å²) in [6.07, 6.45) is 1.29. The Hall–Kier alpha value is -1.81. The zero-order chi connectivity index (χ0) is 14.0. The van der Waals surface area contributed by atoms with Crippen molar-refractivity contribution in [2.75, 3.05) is 11.4 Å². The zero-order valence-corrected chi connectivity index (χ0v) is 11.4. The molecule has 0 spiro atoms. The minimum Gasteiger partial charge on any atom is -0.478 e. The number of carbonyl (C=O) groups excluding carboxylic acids is 1. The van der Waals surface area contributed by atoms with Crippen LogP contribution in [0.25, 0.3) is 0 Å². The molecule has 1 atom stereocenters. The Morgan fingerprint density at radius 2 is 2.26 bits per heavy atom. The Morgan fingerprint density at radius 1 is 1.53 bits per heavy atom. The van der Waals surface area contributed by atoms with Crippen LogP contribution < -0.4 is 15.4 Å². The summed E-state index contributed by atoms with van der Waals surface area (Å²) >= 11 is 0. The fourth-order valence-electron chi connectivity index (χ4n) is 2.20. The van der Waals surface area contributed by atoms with E-state index in [1.54, 1.807) is 11.0 Å². The first-order valence-electron chi connectivity index (χ1n) is 6.50. The number of fused-ring (bicyclic) bond motifs is 1. The van der Waals surface area contributed by atoms with Crippen molar-refractivity contribution in [1.82, 2.24) is 0 Å². The summed E-state index contributed by atoms with van der Waals surface area (Å²) in [5, 5.41) is 0. The van der Waals surface area contributed by atoms with E-state index < -0.39 is 6.10 Å². The lowest BCUT2D eigenvalue weighted by Gasteiger charge is -2.35. The van der Waals surface area contributed by atoms with Crippen LogP contribution in [0.3, 0.4) is 0 Å². The molecule has 0 saturated carbocycles. The van der Waals surface area contributed by atoms with Crippen LogP contribution in [0.5, 0.6) is 5.75 Å². The molecule has 0 bridgehead atoms. The average Bonchev–Trinajstić information content (AvgIpc) is 2.40. The van der Waals surface area contributed by atoms with Gasteiger partial charge in [0, 0.05) is 13.1 Å².